The molecule has 0 amide bonds. The van der Waals surface area contributed by atoms with Crippen LogP contribution in [0.4, 0.5) is 0 Å². The summed E-state index contributed by atoms with van der Waals surface area (Å²) < 4.78 is 5.42. The van der Waals surface area contributed by atoms with E-state index in [9.17, 15) is 0 Å². The quantitative estimate of drug-likeness (QED) is 0.749. The van der Waals surface area contributed by atoms with Crippen molar-refractivity contribution >= 4 is 11.8 Å². The van der Waals surface area contributed by atoms with Crippen molar-refractivity contribution in [3.8, 4) is 5.75 Å². The van der Waals surface area contributed by atoms with Gasteiger partial charge in [0.1, 0.15) is 5.75 Å². The zero-order valence-corrected chi connectivity index (χ0v) is 13.3. The van der Waals surface area contributed by atoms with Crippen molar-refractivity contribution in [2.24, 2.45) is 11.7 Å². The molecule has 2 N–H and O–H groups in total. The molecular formula is C18H23NOS. The molecule has 0 saturated carbocycles. The van der Waals surface area contributed by atoms with Crippen LogP contribution in [0, 0.1) is 5.92 Å². The molecule has 112 valence electrons. The predicted molar refractivity (Wildman–Crippen MR) is 91.0 cm³/mol. The maximum Gasteiger partial charge on any atom is 0.122 e. The topological polar surface area (TPSA) is 35.2 Å². The second-order valence-electron chi connectivity index (χ2n) is 5.07. The molecule has 0 aliphatic rings. The minimum Gasteiger partial charge on any atom is -0.496 e. The van der Waals surface area contributed by atoms with E-state index < -0.39 is 0 Å². The van der Waals surface area contributed by atoms with Crippen LogP contribution in [0.15, 0.2) is 59.5 Å². The fraction of sp³-hybridized carbons (Fsp3) is 0.333. The summed E-state index contributed by atoms with van der Waals surface area (Å²) in [6.45, 7) is 0.716. The normalized spacial score (nSPS) is 12.1. The summed E-state index contributed by atoms with van der Waals surface area (Å²) in [6, 6.07) is 18.7. The van der Waals surface area contributed by atoms with Crippen molar-refractivity contribution in [1.82, 2.24) is 0 Å². The number of rotatable bonds is 8. The van der Waals surface area contributed by atoms with Crippen LogP contribution in [-0.4, -0.2) is 19.4 Å². The Labute approximate surface area is 131 Å². The minimum atomic E-state index is 0.498. The molecule has 0 bridgehead atoms. The SMILES string of the molecule is COc1ccccc1CC(CN)CCSc1ccccc1. The van der Waals surface area contributed by atoms with Gasteiger partial charge in [0.15, 0.2) is 0 Å². The van der Waals surface area contributed by atoms with E-state index >= 15 is 0 Å². The number of benzene rings is 2. The molecule has 0 fully saturated rings. The highest BCUT2D eigenvalue weighted by Crippen LogP contribution is 2.24. The monoisotopic (exact) mass is 301 g/mol. The van der Waals surface area contributed by atoms with Crippen LogP contribution in [0.1, 0.15) is 12.0 Å². The summed E-state index contributed by atoms with van der Waals surface area (Å²) in [4.78, 5) is 1.32. The second kappa shape index (κ2) is 8.75. The van der Waals surface area contributed by atoms with E-state index in [-0.39, 0.29) is 0 Å². The Balaban J connectivity index is 1.85. The van der Waals surface area contributed by atoms with E-state index in [2.05, 4.69) is 42.5 Å². The number of ether oxygens (including phenoxy) is 1. The first-order valence-electron chi connectivity index (χ1n) is 7.33. The lowest BCUT2D eigenvalue weighted by Crippen LogP contribution is -2.18. The van der Waals surface area contributed by atoms with Crippen LogP contribution in [0.3, 0.4) is 0 Å². The fourth-order valence-corrected chi connectivity index (χ4v) is 3.38. The average Bonchev–Trinajstić information content (AvgIpc) is 2.55. The van der Waals surface area contributed by atoms with E-state index in [1.807, 2.05) is 23.9 Å². The van der Waals surface area contributed by atoms with Gasteiger partial charge in [-0.25, -0.2) is 0 Å². The zero-order chi connectivity index (χ0) is 14.9. The number of hydrogen-bond acceptors (Lipinski definition) is 3. The maximum atomic E-state index is 5.94. The first kappa shape index (κ1) is 15.9. The van der Waals surface area contributed by atoms with Gasteiger partial charge in [0.2, 0.25) is 0 Å². The van der Waals surface area contributed by atoms with Gasteiger partial charge in [0.05, 0.1) is 7.11 Å². The number of methoxy groups -OCH3 is 1. The highest BCUT2D eigenvalue weighted by atomic mass is 32.2. The largest absolute Gasteiger partial charge is 0.496 e. The van der Waals surface area contributed by atoms with Gasteiger partial charge >= 0.3 is 0 Å². The minimum absolute atomic E-state index is 0.498. The number of hydrogen-bond donors (Lipinski definition) is 1. The van der Waals surface area contributed by atoms with E-state index in [1.54, 1.807) is 7.11 Å². The Morgan fingerprint density at radius 2 is 1.76 bits per heavy atom. The van der Waals surface area contributed by atoms with Crippen molar-refractivity contribution < 1.29 is 4.74 Å². The van der Waals surface area contributed by atoms with Gasteiger partial charge in [-0.05, 0) is 54.8 Å². The number of para-hydroxylation sites is 1. The van der Waals surface area contributed by atoms with E-state index in [1.165, 1.54) is 10.5 Å². The maximum absolute atomic E-state index is 5.94. The summed E-state index contributed by atoms with van der Waals surface area (Å²) in [5, 5.41) is 0. The second-order valence-corrected chi connectivity index (χ2v) is 6.24. The van der Waals surface area contributed by atoms with Gasteiger partial charge < -0.3 is 10.5 Å². The molecule has 2 nitrogen and oxygen atoms in total. The molecule has 2 aromatic carbocycles. The third kappa shape index (κ3) is 5.10. The lowest BCUT2D eigenvalue weighted by atomic mass is 9.96. The van der Waals surface area contributed by atoms with Crippen LogP contribution < -0.4 is 10.5 Å². The van der Waals surface area contributed by atoms with Crippen molar-refractivity contribution in [3.05, 3.63) is 60.2 Å². The molecule has 0 aliphatic carbocycles. The Morgan fingerprint density at radius 3 is 2.48 bits per heavy atom. The molecule has 0 spiro atoms. The molecule has 3 heteroatoms. The molecule has 0 aliphatic heterocycles. The summed E-state index contributed by atoms with van der Waals surface area (Å²) >= 11 is 1.90. The summed E-state index contributed by atoms with van der Waals surface area (Å²) in [5.74, 6) is 2.56. The van der Waals surface area contributed by atoms with Crippen LogP contribution in [0.2, 0.25) is 0 Å². The van der Waals surface area contributed by atoms with Crippen molar-refractivity contribution in [3.63, 3.8) is 0 Å². The summed E-state index contributed by atoms with van der Waals surface area (Å²) in [5.41, 5.74) is 7.19. The average molecular weight is 301 g/mol. The van der Waals surface area contributed by atoms with Gasteiger partial charge in [-0.3, -0.25) is 0 Å². The Hall–Kier alpha value is -1.45. The lowest BCUT2D eigenvalue weighted by molar-refractivity contribution is 0.403. The standard InChI is InChI=1S/C18H23NOS/c1-20-18-10-6-5-7-16(18)13-15(14-19)11-12-21-17-8-3-2-4-9-17/h2-10,15H,11-14,19H2,1H3. The highest BCUT2D eigenvalue weighted by Gasteiger charge is 2.11. The van der Waals surface area contributed by atoms with Crippen molar-refractivity contribution in [2.45, 2.75) is 17.7 Å². The van der Waals surface area contributed by atoms with Crippen LogP contribution >= 0.6 is 11.8 Å². The molecule has 21 heavy (non-hydrogen) atoms. The Bertz CT molecular complexity index is 530. The zero-order valence-electron chi connectivity index (χ0n) is 12.5. The molecule has 0 radical (unpaired) electrons. The lowest BCUT2D eigenvalue weighted by Gasteiger charge is -2.16. The van der Waals surface area contributed by atoms with E-state index in [4.69, 9.17) is 10.5 Å². The molecule has 0 heterocycles. The van der Waals surface area contributed by atoms with Crippen LogP contribution in [-0.2, 0) is 6.42 Å². The van der Waals surface area contributed by atoms with Gasteiger partial charge in [-0.2, -0.15) is 0 Å². The predicted octanol–water partition coefficient (Wildman–Crippen LogP) is 4.00. The third-order valence-corrected chi connectivity index (χ3v) is 4.62. The van der Waals surface area contributed by atoms with Crippen molar-refractivity contribution in [1.29, 1.82) is 0 Å². The molecule has 2 rings (SSSR count). The fourth-order valence-electron chi connectivity index (χ4n) is 2.35. The molecular weight excluding hydrogens is 278 g/mol. The van der Waals surface area contributed by atoms with Gasteiger partial charge in [-0.1, -0.05) is 36.4 Å². The van der Waals surface area contributed by atoms with E-state index in [0.717, 1.165) is 24.3 Å². The molecule has 1 unspecified atom stereocenters. The summed E-state index contributed by atoms with van der Waals surface area (Å²) in [7, 11) is 1.72. The smallest absolute Gasteiger partial charge is 0.122 e. The third-order valence-electron chi connectivity index (χ3n) is 3.57. The first-order valence-corrected chi connectivity index (χ1v) is 8.32. The first-order chi connectivity index (χ1) is 10.3. The number of nitrogens with two attached hydrogens (primary N) is 1. The van der Waals surface area contributed by atoms with Gasteiger partial charge in [0.25, 0.3) is 0 Å². The molecule has 1 atom stereocenters. The van der Waals surface area contributed by atoms with Gasteiger partial charge in [0, 0.05) is 4.90 Å². The van der Waals surface area contributed by atoms with Gasteiger partial charge in [-0.15, -0.1) is 11.8 Å². The Kier molecular flexibility index (Phi) is 6.64. The summed E-state index contributed by atoms with van der Waals surface area (Å²) in [6.07, 6.45) is 2.10. The Morgan fingerprint density at radius 1 is 1.05 bits per heavy atom. The molecule has 0 saturated heterocycles. The van der Waals surface area contributed by atoms with E-state index in [0.29, 0.717) is 12.5 Å². The molecule has 2 aromatic rings. The van der Waals surface area contributed by atoms with Crippen LogP contribution in [0.25, 0.3) is 0 Å². The number of thioether (sulfide) groups is 1. The van der Waals surface area contributed by atoms with Crippen molar-refractivity contribution in [2.75, 3.05) is 19.4 Å². The van der Waals surface area contributed by atoms with Crippen LogP contribution in [0.5, 0.6) is 5.75 Å². The highest BCUT2D eigenvalue weighted by molar-refractivity contribution is 7.99. The molecule has 0 aromatic heterocycles.